The van der Waals surface area contributed by atoms with Gasteiger partial charge in [0.25, 0.3) is 0 Å². The molecule has 2 N–H and O–H groups in total. The molecule has 0 atom stereocenters. The Kier molecular flexibility index (Phi) is 11.6. The maximum atomic E-state index is 9.05. The predicted molar refractivity (Wildman–Crippen MR) is 66.5 cm³/mol. The Balaban J connectivity index is 0. The Morgan fingerprint density at radius 1 is 0.889 bits per heavy atom. The quantitative estimate of drug-likeness (QED) is 0.321. The van der Waals surface area contributed by atoms with Crippen molar-refractivity contribution in [1.29, 1.82) is 0 Å². The van der Waals surface area contributed by atoms with Crippen LogP contribution < -0.4 is 12.4 Å². The van der Waals surface area contributed by atoms with Crippen molar-refractivity contribution in [1.82, 2.24) is 0 Å². The van der Waals surface area contributed by atoms with Gasteiger partial charge in [-0.1, -0.05) is 0 Å². The van der Waals surface area contributed by atoms with Gasteiger partial charge in [-0.3, -0.25) is 0 Å². The van der Waals surface area contributed by atoms with Crippen LogP contribution in [0.3, 0.4) is 0 Å². The first-order valence-corrected chi connectivity index (χ1v) is 7.65. The molecule has 112 valence electrons. The zero-order valence-electron chi connectivity index (χ0n) is 11.7. The molecule has 0 bridgehead atoms. The van der Waals surface area contributed by atoms with Crippen LogP contribution in [-0.2, 0) is 13.3 Å². The van der Waals surface area contributed by atoms with Gasteiger partial charge in [0.1, 0.15) is 13.1 Å². The molecule has 0 radical (unpaired) electrons. The SMILES string of the molecule is CO[Si](CC[N+](C)(CCO)CCO)(OC)OC.[Cl-]. The molecular weight excluding hydrogens is 278 g/mol. The second kappa shape index (κ2) is 10.1. The molecule has 0 aliphatic rings. The number of quaternary nitrogens is 1. The molecule has 0 aromatic heterocycles. The Morgan fingerprint density at radius 3 is 1.56 bits per heavy atom. The third-order valence-electron chi connectivity index (χ3n) is 3.17. The zero-order chi connectivity index (χ0) is 13.4. The van der Waals surface area contributed by atoms with Crippen LogP contribution in [0.2, 0.25) is 6.04 Å². The minimum atomic E-state index is -2.56. The maximum Gasteiger partial charge on any atom is 0.505 e. The number of aliphatic hydroxyl groups excluding tert-OH is 2. The van der Waals surface area contributed by atoms with Crippen molar-refractivity contribution in [2.75, 3.05) is 61.2 Å². The van der Waals surface area contributed by atoms with Gasteiger partial charge < -0.3 is 40.4 Å². The fourth-order valence-electron chi connectivity index (χ4n) is 1.78. The first-order valence-electron chi connectivity index (χ1n) is 5.72. The highest BCUT2D eigenvalue weighted by molar-refractivity contribution is 6.60. The molecular formula is C10H26ClNO5Si. The van der Waals surface area contributed by atoms with Crippen LogP contribution in [0.25, 0.3) is 0 Å². The Bertz CT molecular complexity index is 192. The zero-order valence-corrected chi connectivity index (χ0v) is 13.4. The van der Waals surface area contributed by atoms with Gasteiger partial charge in [0.05, 0.1) is 32.9 Å². The predicted octanol–water partition coefficient (Wildman–Crippen LogP) is -3.70. The number of rotatable bonds is 10. The highest BCUT2D eigenvalue weighted by Crippen LogP contribution is 2.16. The molecule has 8 heteroatoms. The molecule has 6 nitrogen and oxygen atoms in total. The van der Waals surface area contributed by atoms with Gasteiger partial charge in [-0.25, -0.2) is 0 Å². The lowest BCUT2D eigenvalue weighted by atomic mass is 10.4. The van der Waals surface area contributed by atoms with Gasteiger partial charge >= 0.3 is 8.80 Å². The minimum absolute atomic E-state index is 0. The lowest BCUT2D eigenvalue weighted by Crippen LogP contribution is -3.00. The number of nitrogens with zero attached hydrogens (tertiary/aromatic N) is 1. The molecule has 0 aromatic carbocycles. The topological polar surface area (TPSA) is 68.2 Å². The number of hydrogen-bond acceptors (Lipinski definition) is 5. The smallest absolute Gasteiger partial charge is 0.505 e. The third kappa shape index (κ3) is 6.44. The number of aliphatic hydroxyl groups is 2. The summed E-state index contributed by atoms with van der Waals surface area (Å²) >= 11 is 0. The summed E-state index contributed by atoms with van der Waals surface area (Å²) in [6, 6.07) is 0.660. The van der Waals surface area contributed by atoms with Crippen molar-refractivity contribution in [3.63, 3.8) is 0 Å². The van der Waals surface area contributed by atoms with E-state index in [1.54, 1.807) is 21.3 Å². The van der Waals surface area contributed by atoms with Gasteiger partial charge in [0.2, 0.25) is 0 Å². The van der Waals surface area contributed by atoms with Gasteiger partial charge in [-0.15, -0.1) is 0 Å². The largest absolute Gasteiger partial charge is 1.00 e. The molecule has 0 rings (SSSR count). The highest BCUT2D eigenvalue weighted by atomic mass is 35.5. The van der Waals surface area contributed by atoms with E-state index in [1.807, 2.05) is 7.05 Å². The van der Waals surface area contributed by atoms with E-state index in [2.05, 4.69) is 0 Å². The van der Waals surface area contributed by atoms with E-state index in [-0.39, 0.29) is 25.6 Å². The summed E-state index contributed by atoms with van der Waals surface area (Å²) in [6.45, 7) is 2.13. The summed E-state index contributed by atoms with van der Waals surface area (Å²) in [5, 5.41) is 18.1. The Labute approximate surface area is 117 Å². The molecule has 0 amide bonds. The standard InChI is InChI=1S/C10H26NO5Si.ClH/c1-11(5-8-12,6-9-13)7-10-17(14-2,15-3)16-4;/h12-13H,5-10H2,1-4H3;1H/q+1;/p-1. The summed E-state index contributed by atoms with van der Waals surface area (Å²) < 4.78 is 16.6. The van der Waals surface area contributed by atoms with E-state index < -0.39 is 8.80 Å². The molecule has 0 saturated heterocycles. The highest BCUT2D eigenvalue weighted by Gasteiger charge is 2.40. The van der Waals surface area contributed by atoms with Crippen LogP contribution in [0.5, 0.6) is 0 Å². The second-order valence-corrected chi connectivity index (χ2v) is 7.37. The summed E-state index contributed by atoms with van der Waals surface area (Å²) in [4.78, 5) is 0. The van der Waals surface area contributed by atoms with Crippen molar-refractivity contribution < 1.29 is 40.4 Å². The van der Waals surface area contributed by atoms with E-state index in [0.29, 0.717) is 23.6 Å². The number of hydrogen-bond donors (Lipinski definition) is 2. The van der Waals surface area contributed by atoms with Gasteiger partial charge in [0, 0.05) is 21.3 Å². The second-order valence-electron chi connectivity index (χ2n) is 4.28. The van der Waals surface area contributed by atoms with Gasteiger partial charge in [-0.05, 0) is 0 Å². The van der Waals surface area contributed by atoms with E-state index in [0.717, 1.165) is 6.54 Å². The average molecular weight is 304 g/mol. The lowest BCUT2D eigenvalue weighted by molar-refractivity contribution is -0.908. The molecule has 0 aliphatic carbocycles. The van der Waals surface area contributed by atoms with E-state index in [4.69, 9.17) is 23.5 Å². The third-order valence-corrected chi connectivity index (χ3v) is 5.87. The van der Waals surface area contributed by atoms with Crippen LogP contribution in [0.4, 0.5) is 0 Å². The van der Waals surface area contributed by atoms with Gasteiger partial charge in [-0.2, -0.15) is 0 Å². The molecule has 0 fully saturated rings. The first kappa shape index (κ1) is 20.6. The van der Waals surface area contributed by atoms with E-state index in [1.165, 1.54) is 0 Å². The van der Waals surface area contributed by atoms with Crippen molar-refractivity contribution in [2.45, 2.75) is 6.04 Å². The molecule has 0 aliphatic heterocycles. The van der Waals surface area contributed by atoms with Crippen LogP contribution in [0.15, 0.2) is 0 Å². The minimum Gasteiger partial charge on any atom is -1.00 e. The molecule has 0 spiro atoms. The van der Waals surface area contributed by atoms with Crippen LogP contribution >= 0.6 is 0 Å². The van der Waals surface area contributed by atoms with Crippen LogP contribution in [0.1, 0.15) is 0 Å². The number of likely N-dealkylation sites (N-methyl/N-ethyl adjacent to an activating group) is 1. The molecule has 0 aromatic rings. The summed E-state index contributed by atoms with van der Waals surface area (Å²) in [6.07, 6.45) is 0. The first-order chi connectivity index (χ1) is 8.01. The monoisotopic (exact) mass is 303 g/mol. The molecule has 0 saturated carbocycles. The van der Waals surface area contributed by atoms with Crippen LogP contribution in [0, 0.1) is 0 Å². The van der Waals surface area contributed by atoms with E-state index in [9.17, 15) is 0 Å². The molecule has 18 heavy (non-hydrogen) atoms. The normalized spacial score (nSPS) is 12.3. The average Bonchev–Trinajstić information content (AvgIpc) is 2.32. The van der Waals surface area contributed by atoms with Crippen molar-refractivity contribution in [3.05, 3.63) is 0 Å². The van der Waals surface area contributed by atoms with Crippen molar-refractivity contribution in [3.8, 4) is 0 Å². The van der Waals surface area contributed by atoms with Crippen LogP contribution in [-0.4, -0.2) is 84.7 Å². The van der Waals surface area contributed by atoms with Gasteiger partial charge in [0.15, 0.2) is 0 Å². The Hall–Kier alpha value is 0.267. The molecule has 0 unspecified atom stereocenters. The summed E-state index contributed by atoms with van der Waals surface area (Å²) in [5.41, 5.74) is 0. The fourth-order valence-corrected chi connectivity index (χ4v) is 3.71. The fraction of sp³-hybridized carbons (Fsp3) is 1.00. The lowest BCUT2D eigenvalue weighted by Gasteiger charge is -2.35. The molecule has 0 heterocycles. The number of halogens is 1. The summed E-state index contributed by atoms with van der Waals surface area (Å²) in [7, 11) is 4.18. The van der Waals surface area contributed by atoms with E-state index >= 15 is 0 Å². The Morgan fingerprint density at radius 2 is 1.28 bits per heavy atom. The van der Waals surface area contributed by atoms with Crippen molar-refractivity contribution >= 4 is 8.80 Å². The maximum absolute atomic E-state index is 9.05. The summed E-state index contributed by atoms with van der Waals surface area (Å²) in [5.74, 6) is 0. The van der Waals surface area contributed by atoms with Crippen molar-refractivity contribution in [2.24, 2.45) is 0 Å².